The highest BCUT2D eigenvalue weighted by Crippen LogP contribution is 2.35. The molecule has 1 aromatic heterocycles. The van der Waals surface area contributed by atoms with Gasteiger partial charge in [0.2, 0.25) is 5.88 Å². The van der Waals surface area contributed by atoms with Crippen molar-refractivity contribution in [2.45, 2.75) is 12.7 Å². The van der Waals surface area contributed by atoms with Crippen LogP contribution in [0.15, 0.2) is 36.4 Å². The van der Waals surface area contributed by atoms with Gasteiger partial charge in [-0.15, -0.1) is 5.10 Å². The fourth-order valence-corrected chi connectivity index (χ4v) is 2.76. The number of hydrogen-bond acceptors (Lipinski definition) is 4. The van der Waals surface area contributed by atoms with Gasteiger partial charge in [0.1, 0.15) is 12.0 Å². The Morgan fingerprint density at radius 3 is 2.50 bits per heavy atom. The van der Waals surface area contributed by atoms with Crippen molar-refractivity contribution >= 4 is 17.2 Å². The molecular formula is C18H15F3N2O3. The summed E-state index contributed by atoms with van der Waals surface area (Å²) in [6.07, 6.45) is -3.84. The van der Waals surface area contributed by atoms with E-state index in [-0.39, 0.29) is 23.7 Å². The third-order valence-electron chi connectivity index (χ3n) is 4.01. The molecule has 1 heterocycles. The van der Waals surface area contributed by atoms with Crippen LogP contribution in [0.5, 0.6) is 11.6 Å². The lowest BCUT2D eigenvalue weighted by Crippen LogP contribution is -2.12. The fourth-order valence-electron chi connectivity index (χ4n) is 2.76. The number of methoxy groups -OCH3 is 2. The third kappa shape index (κ3) is 3.22. The van der Waals surface area contributed by atoms with Gasteiger partial charge in [0.15, 0.2) is 0 Å². The van der Waals surface area contributed by atoms with E-state index in [2.05, 4.69) is 5.10 Å². The molecule has 3 rings (SSSR count). The Balaban J connectivity index is 2.11. The zero-order valence-corrected chi connectivity index (χ0v) is 14.0. The van der Waals surface area contributed by atoms with Gasteiger partial charge < -0.3 is 9.47 Å². The number of alkyl halides is 3. The molecule has 8 heteroatoms. The van der Waals surface area contributed by atoms with Gasteiger partial charge in [-0.1, -0.05) is 6.07 Å². The van der Waals surface area contributed by atoms with Gasteiger partial charge in [-0.05, 0) is 35.9 Å². The summed E-state index contributed by atoms with van der Waals surface area (Å²) < 4.78 is 51.7. The van der Waals surface area contributed by atoms with Crippen LogP contribution < -0.4 is 9.47 Å². The number of aldehydes is 1. The summed E-state index contributed by atoms with van der Waals surface area (Å²) in [5.41, 5.74) is 0.251. The number of carbonyl (C=O) groups is 1. The van der Waals surface area contributed by atoms with Crippen LogP contribution in [0.3, 0.4) is 0 Å². The third-order valence-corrected chi connectivity index (χ3v) is 4.01. The smallest absolute Gasteiger partial charge is 0.416 e. The second-order valence-corrected chi connectivity index (χ2v) is 5.58. The van der Waals surface area contributed by atoms with E-state index >= 15 is 0 Å². The molecule has 0 N–H and O–H groups in total. The number of fused-ring (bicyclic) bond motifs is 1. The van der Waals surface area contributed by atoms with E-state index in [0.29, 0.717) is 22.8 Å². The molecule has 0 aliphatic carbocycles. The largest absolute Gasteiger partial charge is 0.497 e. The lowest BCUT2D eigenvalue weighted by molar-refractivity contribution is -0.138. The average Bonchev–Trinajstić information content (AvgIpc) is 2.98. The van der Waals surface area contributed by atoms with Crippen molar-refractivity contribution in [2.24, 2.45) is 0 Å². The summed E-state index contributed by atoms with van der Waals surface area (Å²) >= 11 is 0. The fraction of sp³-hybridized carbons (Fsp3) is 0.222. The normalized spacial score (nSPS) is 11.6. The lowest BCUT2D eigenvalue weighted by atomic mass is 10.1. The van der Waals surface area contributed by atoms with Crippen molar-refractivity contribution in [3.05, 3.63) is 53.1 Å². The highest BCUT2D eigenvalue weighted by atomic mass is 19.4. The maximum atomic E-state index is 13.4. The topological polar surface area (TPSA) is 53.4 Å². The first-order chi connectivity index (χ1) is 12.4. The lowest BCUT2D eigenvalue weighted by Gasteiger charge is -2.14. The molecule has 136 valence electrons. The van der Waals surface area contributed by atoms with Crippen LogP contribution in [0.4, 0.5) is 13.2 Å². The Morgan fingerprint density at radius 1 is 1.12 bits per heavy atom. The Bertz CT molecular complexity index is 964. The number of rotatable bonds is 5. The zero-order valence-electron chi connectivity index (χ0n) is 14.0. The highest BCUT2D eigenvalue weighted by molar-refractivity contribution is 5.90. The second-order valence-electron chi connectivity index (χ2n) is 5.58. The number of ether oxygens (including phenoxy) is 2. The van der Waals surface area contributed by atoms with E-state index in [1.807, 2.05) is 0 Å². The molecule has 0 fully saturated rings. The molecular weight excluding hydrogens is 349 g/mol. The molecule has 0 spiro atoms. The number of nitrogens with zero attached hydrogens (tertiary/aromatic N) is 2. The molecule has 0 unspecified atom stereocenters. The van der Waals surface area contributed by atoms with E-state index in [9.17, 15) is 18.0 Å². The van der Waals surface area contributed by atoms with Crippen LogP contribution in [0, 0.1) is 0 Å². The maximum Gasteiger partial charge on any atom is 0.416 e. The van der Waals surface area contributed by atoms with Gasteiger partial charge in [-0.3, -0.25) is 9.48 Å². The SMILES string of the molecule is COc1ccc(Cn2nc(OC)c3cc(C=O)ccc32)c(C(F)(F)F)c1. The molecule has 0 aliphatic rings. The molecule has 0 atom stereocenters. The van der Waals surface area contributed by atoms with Crippen LogP contribution >= 0.6 is 0 Å². The monoisotopic (exact) mass is 364 g/mol. The van der Waals surface area contributed by atoms with Gasteiger partial charge >= 0.3 is 6.18 Å². The average molecular weight is 364 g/mol. The summed E-state index contributed by atoms with van der Waals surface area (Å²) in [7, 11) is 2.72. The number of hydrogen-bond donors (Lipinski definition) is 0. The van der Waals surface area contributed by atoms with Gasteiger partial charge in [0.05, 0.1) is 37.2 Å². The first kappa shape index (κ1) is 17.8. The van der Waals surface area contributed by atoms with Crippen molar-refractivity contribution in [3.63, 3.8) is 0 Å². The van der Waals surface area contributed by atoms with Crippen molar-refractivity contribution < 1.29 is 27.4 Å². The molecule has 0 radical (unpaired) electrons. The minimum Gasteiger partial charge on any atom is -0.497 e. The Morgan fingerprint density at radius 2 is 1.88 bits per heavy atom. The molecule has 2 aromatic carbocycles. The summed E-state index contributed by atoms with van der Waals surface area (Å²) in [5.74, 6) is 0.366. The van der Waals surface area contributed by atoms with Crippen LogP contribution in [-0.4, -0.2) is 30.3 Å². The first-order valence-corrected chi connectivity index (χ1v) is 7.61. The molecule has 0 amide bonds. The zero-order chi connectivity index (χ0) is 18.9. The molecule has 0 bridgehead atoms. The number of carbonyl (C=O) groups excluding carboxylic acids is 1. The summed E-state index contributed by atoms with van der Waals surface area (Å²) in [4.78, 5) is 11.0. The van der Waals surface area contributed by atoms with Crippen LogP contribution in [0.1, 0.15) is 21.5 Å². The number of halogens is 3. The molecule has 5 nitrogen and oxygen atoms in total. The highest BCUT2D eigenvalue weighted by Gasteiger charge is 2.34. The van der Waals surface area contributed by atoms with Crippen molar-refractivity contribution in [3.8, 4) is 11.6 Å². The molecule has 0 saturated carbocycles. The maximum absolute atomic E-state index is 13.4. The van der Waals surface area contributed by atoms with Gasteiger partial charge in [-0.2, -0.15) is 13.2 Å². The predicted molar refractivity (Wildman–Crippen MR) is 88.8 cm³/mol. The van der Waals surface area contributed by atoms with Gasteiger partial charge in [0.25, 0.3) is 0 Å². The number of aromatic nitrogens is 2. The van der Waals surface area contributed by atoms with Crippen molar-refractivity contribution in [1.82, 2.24) is 9.78 Å². The van der Waals surface area contributed by atoms with E-state index < -0.39 is 11.7 Å². The Hall–Kier alpha value is -3.03. The molecule has 3 aromatic rings. The van der Waals surface area contributed by atoms with Crippen molar-refractivity contribution in [2.75, 3.05) is 14.2 Å². The first-order valence-electron chi connectivity index (χ1n) is 7.61. The minimum absolute atomic E-state index is 0.0461. The quantitative estimate of drug-likeness (QED) is 0.644. The van der Waals surface area contributed by atoms with Gasteiger partial charge in [0, 0.05) is 5.56 Å². The van der Waals surface area contributed by atoms with E-state index in [4.69, 9.17) is 9.47 Å². The molecule has 26 heavy (non-hydrogen) atoms. The Labute approximate surface area is 146 Å². The number of benzene rings is 2. The summed E-state index contributed by atoms with van der Waals surface area (Å²) in [6, 6.07) is 8.59. The summed E-state index contributed by atoms with van der Waals surface area (Å²) in [6.45, 7) is -0.112. The van der Waals surface area contributed by atoms with E-state index in [0.717, 1.165) is 6.07 Å². The molecule has 0 saturated heterocycles. The van der Waals surface area contributed by atoms with Crippen LogP contribution in [0.25, 0.3) is 10.9 Å². The van der Waals surface area contributed by atoms with E-state index in [1.165, 1.54) is 31.0 Å². The minimum atomic E-state index is -4.53. The Kier molecular flexibility index (Phi) is 4.58. The van der Waals surface area contributed by atoms with E-state index in [1.54, 1.807) is 18.2 Å². The predicted octanol–water partition coefficient (Wildman–Crippen LogP) is 3.93. The van der Waals surface area contributed by atoms with Crippen molar-refractivity contribution in [1.29, 1.82) is 0 Å². The van der Waals surface area contributed by atoms with Crippen LogP contribution in [0.2, 0.25) is 0 Å². The summed E-state index contributed by atoms with van der Waals surface area (Å²) in [5, 5.41) is 4.78. The van der Waals surface area contributed by atoms with Gasteiger partial charge in [-0.25, -0.2) is 0 Å². The van der Waals surface area contributed by atoms with Crippen LogP contribution in [-0.2, 0) is 12.7 Å². The molecule has 0 aliphatic heterocycles. The standard InChI is InChI=1S/C18H15F3N2O3/c1-25-13-5-4-12(15(8-13)18(19,20)21)9-23-16-6-3-11(10-24)7-14(16)17(22-23)26-2/h3-8,10H,9H2,1-2H3. The second kappa shape index (κ2) is 6.70.